The van der Waals surface area contributed by atoms with Crippen molar-refractivity contribution in [2.45, 2.75) is 0 Å². The zero-order valence-electron chi connectivity index (χ0n) is 11.5. The lowest BCUT2D eigenvalue weighted by molar-refractivity contribution is 0.0954. The van der Waals surface area contributed by atoms with Crippen molar-refractivity contribution >= 4 is 38.8 Å². The molecule has 0 saturated heterocycles. The highest BCUT2D eigenvalue weighted by Crippen LogP contribution is 2.14. The van der Waals surface area contributed by atoms with Crippen LogP contribution in [0.3, 0.4) is 0 Å². The van der Waals surface area contributed by atoms with Crippen molar-refractivity contribution in [3.05, 3.63) is 76.5 Å². The first-order valence-electron chi connectivity index (χ1n) is 6.65. The topological polar surface area (TPSA) is 54.4 Å². The summed E-state index contributed by atoms with van der Waals surface area (Å²) in [6.45, 7) is 0. The van der Waals surface area contributed by atoms with Gasteiger partial charge >= 0.3 is 0 Å². The number of amides is 1. The number of carbonyl (C=O) groups excluding carboxylic acids is 1. The Hall–Kier alpha value is -2.53. The van der Waals surface area contributed by atoms with Gasteiger partial charge in [0.15, 0.2) is 0 Å². The molecule has 22 heavy (non-hydrogen) atoms. The van der Waals surface area contributed by atoms with E-state index in [1.165, 1.54) is 11.6 Å². The standard InChI is InChI=1S/C17H12BrN3O/c18-16-8-15(10-19-11-16)17(22)21-20-9-12-5-6-13-3-1-2-4-14(13)7-12/h1-11H,(H,21,22). The van der Waals surface area contributed by atoms with Crippen molar-refractivity contribution in [2.24, 2.45) is 5.10 Å². The molecule has 0 aliphatic heterocycles. The maximum absolute atomic E-state index is 11.9. The molecule has 108 valence electrons. The predicted octanol–water partition coefficient (Wildman–Crippen LogP) is 3.76. The summed E-state index contributed by atoms with van der Waals surface area (Å²) in [5, 5.41) is 6.29. The zero-order valence-corrected chi connectivity index (χ0v) is 13.1. The van der Waals surface area contributed by atoms with Crippen LogP contribution < -0.4 is 5.43 Å². The Morgan fingerprint density at radius 3 is 2.73 bits per heavy atom. The summed E-state index contributed by atoms with van der Waals surface area (Å²) in [5.74, 6) is -0.300. The largest absolute Gasteiger partial charge is 0.272 e. The second kappa shape index (κ2) is 6.49. The molecule has 1 heterocycles. The van der Waals surface area contributed by atoms with Gasteiger partial charge in [-0.05, 0) is 44.4 Å². The maximum atomic E-state index is 11.9. The number of carbonyl (C=O) groups is 1. The van der Waals surface area contributed by atoms with E-state index < -0.39 is 0 Å². The number of hydrogen-bond acceptors (Lipinski definition) is 3. The first-order valence-corrected chi connectivity index (χ1v) is 7.44. The highest BCUT2D eigenvalue weighted by Gasteiger charge is 2.04. The van der Waals surface area contributed by atoms with Gasteiger partial charge < -0.3 is 0 Å². The molecule has 0 unspecified atom stereocenters. The van der Waals surface area contributed by atoms with Gasteiger partial charge in [0, 0.05) is 16.9 Å². The summed E-state index contributed by atoms with van der Waals surface area (Å²) in [6.07, 6.45) is 4.73. The minimum absolute atomic E-state index is 0.300. The van der Waals surface area contributed by atoms with Crippen LogP contribution in [0.1, 0.15) is 15.9 Å². The van der Waals surface area contributed by atoms with Gasteiger partial charge in [-0.3, -0.25) is 9.78 Å². The minimum atomic E-state index is -0.300. The molecule has 0 bridgehead atoms. The third kappa shape index (κ3) is 3.38. The molecule has 1 N–H and O–H groups in total. The van der Waals surface area contributed by atoms with Crippen LogP contribution in [0.5, 0.6) is 0 Å². The quantitative estimate of drug-likeness (QED) is 0.575. The van der Waals surface area contributed by atoms with E-state index in [0.29, 0.717) is 5.56 Å². The summed E-state index contributed by atoms with van der Waals surface area (Å²) in [4.78, 5) is 15.9. The number of halogens is 1. The lowest BCUT2D eigenvalue weighted by atomic mass is 10.1. The Balaban J connectivity index is 1.72. The summed E-state index contributed by atoms with van der Waals surface area (Å²) in [6, 6.07) is 15.8. The molecule has 1 aromatic heterocycles. The predicted molar refractivity (Wildman–Crippen MR) is 90.9 cm³/mol. The van der Waals surface area contributed by atoms with Crippen LogP contribution in [-0.2, 0) is 0 Å². The molecule has 0 fully saturated rings. The number of hydrazone groups is 1. The van der Waals surface area contributed by atoms with E-state index in [2.05, 4.69) is 37.5 Å². The highest BCUT2D eigenvalue weighted by atomic mass is 79.9. The van der Waals surface area contributed by atoms with Gasteiger partial charge in [-0.2, -0.15) is 5.10 Å². The lowest BCUT2D eigenvalue weighted by Gasteiger charge is -2.01. The van der Waals surface area contributed by atoms with E-state index in [-0.39, 0.29) is 5.91 Å². The Morgan fingerprint density at radius 1 is 1.09 bits per heavy atom. The Bertz CT molecular complexity index is 861. The molecule has 4 nitrogen and oxygen atoms in total. The summed E-state index contributed by atoms with van der Waals surface area (Å²) in [7, 11) is 0. The van der Waals surface area contributed by atoms with Crippen molar-refractivity contribution in [1.82, 2.24) is 10.4 Å². The van der Waals surface area contributed by atoms with Gasteiger partial charge in [-0.1, -0.05) is 36.4 Å². The number of nitrogens with zero attached hydrogens (tertiary/aromatic N) is 2. The van der Waals surface area contributed by atoms with Crippen LogP contribution in [0.2, 0.25) is 0 Å². The van der Waals surface area contributed by atoms with Crippen molar-refractivity contribution in [2.75, 3.05) is 0 Å². The average Bonchev–Trinajstić information content (AvgIpc) is 2.54. The van der Waals surface area contributed by atoms with Crippen LogP contribution in [0.25, 0.3) is 10.8 Å². The summed E-state index contributed by atoms with van der Waals surface area (Å²) < 4.78 is 0.749. The summed E-state index contributed by atoms with van der Waals surface area (Å²) in [5.41, 5.74) is 3.86. The fourth-order valence-corrected chi connectivity index (χ4v) is 2.42. The van der Waals surface area contributed by atoms with E-state index in [9.17, 15) is 4.79 Å². The molecule has 0 atom stereocenters. The fourth-order valence-electron chi connectivity index (χ4n) is 2.05. The van der Waals surface area contributed by atoms with Crippen LogP contribution >= 0.6 is 15.9 Å². The van der Waals surface area contributed by atoms with Gasteiger partial charge in [0.1, 0.15) is 0 Å². The summed E-state index contributed by atoms with van der Waals surface area (Å²) >= 11 is 3.28. The number of aromatic nitrogens is 1. The molecule has 0 radical (unpaired) electrons. The minimum Gasteiger partial charge on any atom is -0.267 e. The van der Waals surface area contributed by atoms with Crippen molar-refractivity contribution in [1.29, 1.82) is 0 Å². The van der Waals surface area contributed by atoms with Gasteiger partial charge in [-0.15, -0.1) is 0 Å². The SMILES string of the molecule is O=C(NN=Cc1ccc2ccccc2c1)c1cncc(Br)c1. The second-order valence-corrected chi connectivity index (χ2v) is 5.61. The highest BCUT2D eigenvalue weighted by molar-refractivity contribution is 9.10. The molecule has 0 saturated carbocycles. The van der Waals surface area contributed by atoms with Crippen LogP contribution in [0, 0.1) is 0 Å². The molecule has 5 heteroatoms. The number of pyridine rings is 1. The van der Waals surface area contributed by atoms with Crippen molar-refractivity contribution in [3.8, 4) is 0 Å². The molecule has 2 aromatic carbocycles. The Labute approximate surface area is 136 Å². The Kier molecular flexibility index (Phi) is 4.25. The molecule has 0 aliphatic carbocycles. The number of benzene rings is 2. The monoisotopic (exact) mass is 353 g/mol. The average molecular weight is 354 g/mol. The van der Waals surface area contributed by atoms with E-state index in [1.54, 1.807) is 18.5 Å². The van der Waals surface area contributed by atoms with Crippen LogP contribution in [0.4, 0.5) is 0 Å². The molecule has 0 spiro atoms. The number of rotatable bonds is 3. The van der Waals surface area contributed by atoms with Gasteiger partial charge in [0.25, 0.3) is 5.91 Å². The van der Waals surface area contributed by atoms with E-state index in [0.717, 1.165) is 15.4 Å². The first-order chi connectivity index (χ1) is 10.7. The molecule has 0 aliphatic rings. The van der Waals surface area contributed by atoms with Crippen molar-refractivity contribution in [3.63, 3.8) is 0 Å². The first kappa shape index (κ1) is 14.4. The van der Waals surface area contributed by atoms with E-state index >= 15 is 0 Å². The molecule has 1 amide bonds. The second-order valence-electron chi connectivity index (χ2n) is 4.70. The lowest BCUT2D eigenvalue weighted by Crippen LogP contribution is -2.17. The molecule has 3 aromatic rings. The zero-order chi connectivity index (χ0) is 15.4. The van der Waals surface area contributed by atoms with Crippen molar-refractivity contribution < 1.29 is 4.79 Å². The Morgan fingerprint density at radius 2 is 1.91 bits per heavy atom. The van der Waals surface area contributed by atoms with Gasteiger partial charge in [-0.25, -0.2) is 5.43 Å². The van der Waals surface area contributed by atoms with E-state index in [4.69, 9.17) is 0 Å². The van der Waals surface area contributed by atoms with Crippen LogP contribution in [0.15, 0.2) is 70.5 Å². The maximum Gasteiger partial charge on any atom is 0.272 e. The molecule has 3 rings (SSSR count). The number of hydrogen-bond donors (Lipinski definition) is 1. The van der Waals surface area contributed by atoms with E-state index in [1.807, 2.05) is 36.4 Å². The van der Waals surface area contributed by atoms with Gasteiger partial charge in [0.2, 0.25) is 0 Å². The number of fused-ring (bicyclic) bond motifs is 1. The normalized spacial score (nSPS) is 11.0. The smallest absolute Gasteiger partial charge is 0.267 e. The molecular weight excluding hydrogens is 342 g/mol. The fraction of sp³-hybridized carbons (Fsp3) is 0. The van der Waals surface area contributed by atoms with Crippen LogP contribution in [-0.4, -0.2) is 17.1 Å². The molecular formula is C17H12BrN3O. The third-order valence-corrected chi connectivity index (χ3v) is 3.55. The number of nitrogens with one attached hydrogen (secondary N) is 1. The third-order valence-electron chi connectivity index (χ3n) is 3.12. The van der Waals surface area contributed by atoms with Gasteiger partial charge in [0.05, 0.1) is 11.8 Å².